The molecule has 1 aromatic rings. The highest BCUT2D eigenvalue weighted by Crippen LogP contribution is 2.20. The quantitative estimate of drug-likeness (QED) is 0.833. The van der Waals surface area contributed by atoms with Gasteiger partial charge in [0, 0.05) is 12.6 Å². The van der Waals surface area contributed by atoms with Crippen LogP contribution in [0.1, 0.15) is 37.8 Å². The van der Waals surface area contributed by atoms with Crippen molar-refractivity contribution in [2.24, 2.45) is 0 Å². The molecule has 0 amide bonds. The van der Waals surface area contributed by atoms with E-state index in [9.17, 15) is 4.39 Å². The zero-order valence-corrected chi connectivity index (χ0v) is 13.1. The van der Waals surface area contributed by atoms with Gasteiger partial charge < -0.3 is 4.90 Å². The Kier molecular flexibility index (Phi) is 5.17. The summed E-state index contributed by atoms with van der Waals surface area (Å²) in [4.78, 5) is 4.75. The molecule has 1 heterocycles. The molecule has 1 radical (unpaired) electrons. The van der Waals surface area contributed by atoms with E-state index in [1.54, 1.807) is 12.1 Å². The normalized spacial score (nSPS) is 18.1. The van der Waals surface area contributed by atoms with Gasteiger partial charge in [0.1, 0.15) is 5.82 Å². The first-order valence-corrected chi connectivity index (χ1v) is 7.44. The summed E-state index contributed by atoms with van der Waals surface area (Å²) in [5.74, 6) is 1.04. The van der Waals surface area contributed by atoms with Crippen molar-refractivity contribution in [1.29, 1.82) is 0 Å². The highest BCUT2D eigenvalue weighted by atomic mass is 19.1. The Morgan fingerprint density at radius 3 is 2.40 bits per heavy atom. The van der Waals surface area contributed by atoms with Crippen molar-refractivity contribution in [2.75, 3.05) is 27.2 Å². The lowest BCUT2D eigenvalue weighted by Crippen LogP contribution is -2.41. The molecule has 111 valence electrons. The lowest BCUT2D eigenvalue weighted by Gasteiger charge is -2.35. The number of benzene rings is 1. The molecule has 20 heavy (non-hydrogen) atoms. The van der Waals surface area contributed by atoms with Gasteiger partial charge >= 0.3 is 0 Å². The Labute approximate surface area is 122 Å². The third-order valence-electron chi connectivity index (χ3n) is 4.23. The lowest BCUT2D eigenvalue weighted by molar-refractivity contribution is 0.140. The molecule has 1 aromatic carbocycles. The van der Waals surface area contributed by atoms with Crippen molar-refractivity contribution in [2.45, 2.75) is 39.3 Å². The van der Waals surface area contributed by atoms with Gasteiger partial charge in [-0.25, -0.2) is 4.39 Å². The van der Waals surface area contributed by atoms with Gasteiger partial charge in [0.25, 0.3) is 0 Å². The summed E-state index contributed by atoms with van der Waals surface area (Å²) in [5, 5.41) is 0. The van der Waals surface area contributed by atoms with E-state index in [1.165, 1.54) is 12.8 Å². The number of nitrogens with zero attached hydrogens (tertiary/aromatic N) is 2. The second-order valence-corrected chi connectivity index (χ2v) is 6.32. The fourth-order valence-corrected chi connectivity index (χ4v) is 2.88. The van der Waals surface area contributed by atoms with Gasteiger partial charge in [-0.15, -0.1) is 0 Å². The molecule has 1 saturated heterocycles. The second kappa shape index (κ2) is 6.68. The van der Waals surface area contributed by atoms with Crippen molar-refractivity contribution in [1.82, 2.24) is 9.80 Å². The van der Waals surface area contributed by atoms with Gasteiger partial charge in [0.2, 0.25) is 0 Å². The van der Waals surface area contributed by atoms with Crippen LogP contribution in [0.4, 0.5) is 4.39 Å². The van der Waals surface area contributed by atoms with Crippen molar-refractivity contribution >= 4 is 0 Å². The van der Waals surface area contributed by atoms with E-state index in [0.717, 1.165) is 36.7 Å². The van der Waals surface area contributed by atoms with E-state index < -0.39 is 0 Å². The predicted octanol–water partition coefficient (Wildman–Crippen LogP) is 3.31. The largest absolute Gasteiger partial charge is 0.306 e. The number of halogens is 1. The van der Waals surface area contributed by atoms with Crippen LogP contribution in [0.5, 0.6) is 0 Å². The molecule has 1 fully saturated rings. The maximum absolute atomic E-state index is 13.7. The molecule has 0 atom stereocenters. The fraction of sp³-hybridized carbons (Fsp3) is 0.588. The molecular formula is C17H26FN2. The van der Waals surface area contributed by atoms with Gasteiger partial charge in [0.15, 0.2) is 0 Å². The molecule has 3 heteroatoms. The van der Waals surface area contributed by atoms with Crippen LogP contribution < -0.4 is 0 Å². The molecule has 2 rings (SSSR count). The minimum atomic E-state index is -0.123. The summed E-state index contributed by atoms with van der Waals surface area (Å²) in [6.45, 7) is 7.12. The molecule has 0 bridgehead atoms. The van der Waals surface area contributed by atoms with Gasteiger partial charge in [-0.05, 0) is 69.2 Å². The van der Waals surface area contributed by atoms with Crippen LogP contribution in [0.15, 0.2) is 18.2 Å². The summed E-state index contributed by atoms with van der Waals surface area (Å²) in [7, 11) is 4.30. The molecule has 2 nitrogen and oxygen atoms in total. The molecule has 0 N–H and O–H groups in total. The summed E-state index contributed by atoms with van der Waals surface area (Å²) in [6, 6.07) is 6.11. The van der Waals surface area contributed by atoms with Gasteiger partial charge in [0.05, 0.1) is 0 Å². The number of hydrogen-bond acceptors (Lipinski definition) is 2. The van der Waals surface area contributed by atoms with Gasteiger partial charge in [-0.1, -0.05) is 19.9 Å². The molecule has 1 aliphatic heterocycles. The lowest BCUT2D eigenvalue weighted by atomic mass is 9.99. The van der Waals surface area contributed by atoms with Crippen LogP contribution in [0.3, 0.4) is 0 Å². The molecule has 0 spiro atoms. The molecular weight excluding hydrogens is 251 g/mol. The van der Waals surface area contributed by atoms with Crippen LogP contribution in [0, 0.1) is 11.7 Å². The zero-order valence-electron chi connectivity index (χ0n) is 13.1. The minimum absolute atomic E-state index is 0.123. The first kappa shape index (κ1) is 15.5. The Morgan fingerprint density at radius 1 is 1.20 bits per heavy atom. The topological polar surface area (TPSA) is 6.48 Å². The van der Waals surface area contributed by atoms with Crippen LogP contribution in [0.25, 0.3) is 0 Å². The van der Waals surface area contributed by atoms with E-state index in [1.807, 2.05) is 13.8 Å². The first-order chi connectivity index (χ1) is 9.45. The highest BCUT2D eigenvalue weighted by molar-refractivity contribution is 5.33. The third-order valence-corrected chi connectivity index (χ3v) is 4.23. The van der Waals surface area contributed by atoms with Crippen molar-refractivity contribution in [3.05, 3.63) is 41.1 Å². The monoisotopic (exact) mass is 277 g/mol. The number of piperidine rings is 1. The Bertz CT molecular complexity index is 435. The maximum Gasteiger partial charge on any atom is 0.123 e. The zero-order chi connectivity index (χ0) is 14.7. The smallest absolute Gasteiger partial charge is 0.123 e. The van der Waals surface area contributed by atoms with E-state index in [-0.39, 0.29) is 5.82 Å². The van der Waals surface area contributed by atoms with E-state index in [2.05, 4.69) is 30.0 Å². The Morgan fingerprint density at radius 2 is 1.85 bits per heavy atom. The van der Waals surface area contributed by atoms with Crippen LogP contribution in [-0.2, 0) is 6.54 Å². The second-order valence-electron chi connectivity index (χ2n) is 6.32. The molecule has 0 unspecified atom stereocenters. The molecule has 0 aliphatic carbocycles. The van der Waals surface area contributed by atoms with Crippen molar-refractivity contribution < 1.29 is 4.39 Å². The van der Waals surface area contributed by atoms with Gasteiger partial charge in [-0.3, -0.25) is 4.90 Å². The molecule has 0 aromatic heterocycles. The van der Waals surface area contributed by atoms with E-state index in [4.69, 9.17) is 0 Å². The predicted molar refractivity (Wildman–Crippen MR) is 82.1 cm³/mol. The molecule has 1 aliphatic rings. The standard InChI is InChI=1S/C17H26FN2/c1-13(2)15-9-14(10-16(18)11-15)12-20-7-5-17(6-8-20)19(3)4/h9-11,17H,5-8,12H2,1-4H3. The Balaban J connectivity index is 1.97. The Hall–Kier alpha value is -0.930. The number of likely N-dealkylation sites (tertiary alicyclic amines) is 1. The third kappa shape index (κ3) is 4.03. The van der Waals surface area contributed by atoms with Crippen LogP contribution in [0.2, 0.25) is 0 Å². The van der Waals surface area contributed by atoms with E-state index >= 15 is 0 Å². The minimum Gasteiger partial charge on any atom is -0.306 e. The summed E-state index contributed by atoms with van der Waals surface area (Å²) >= 11 is 0. The highest BCUT2D eigenvalue weighted by Gasteiger charge is 2.20. The molecule has 0 saturated carbocycles. The number of hydrogen-bond donors (Lipinski definition) is 0. The van der Waals surface area contributed by atoms with Gasteiger partial charge in [-0.2, -0.15) is 0 Å². The maximum atomic E-state index is 13.7. The SMILES string of the molecule is C[C](C)c1cc(F)cc(CN2CCC(N(C)C)CC2)c1. The van der Waals surface area contributed by atoms with Crippen LogP contribution in [-0.4, -0.2) is 43.0 Å². The fourth-order valence-electron chi connectivity index (χ4n) is 2.88. The van der Waals surface area contributed by atoms with Crippen molar-refractivity contribution in [3.8, 4) is 0 Å². The van der Waals surface area contributed by atoms with Crippen molar-refractivity contribution in [3.63, 3.8) is 0 Å². The summed E-state index contributed by atoms with van der Waals surface area (Å²) in [6.07, 6.45) is 2.40. The first-order valence-electron chi connectivity index (χ1n) is 7.44. The average molecular weight is 277 g/mol. The number of rotatable bonds is 4. The van der Waals surface area contributed by atoms with Crippen LogP contribution >= 0.6 is 0 Å². The van der Waals surface area contributed by atoms with E-state index in [0.29, 0.717) is 6.04 Å². The summed E-state index contributed by atoms with van der Waals surface area (Å²) in [5.41, 5.74) is 2.10. The summed E-state index contributed by atoms with van der Waals surface area (Å²) < 4.78 is 13.7. The average Bonchev–Trinajstić information content (AvgIpc) is 2.38.